The quantitative estimate of drug-likeness (QED) is 0.696. The summed E-state index contributed by atoms with van der Waals surface area (Å²) in [6.07, 6.45) is 0. The number of carbonyl (C=O) groups is 1. The Morgan fingerprint density at radius 1 is 1.35 bits per heavy atom. The first-order chi connectivity index (χ1) is 9.66. The highest BCUT2D eigenvalue weighted by atomic mass is 32.1. The highest BCUT2D eigenvalue weighted by Crippen LogP contribution is 2.14. The van der Waals surface area contributed by atoms with Crippen LogP contribution in [0.25, 0.3) is 0 Å². The molecule has 1 aliphatic rings. The number of nitrogens with zero attached hydrogens (tertiary/aromatic N) is 1. The van der Waals surface area contributed by atoms with Crippen molar-refractivity contribution >= 4 is 28.9 Å². The second-order valence-corrected chi connectivity index (χ2v) is 4.87. The number of para-hydroxylation sites is 1. The molecule has 20 heavy (non-hydrogen) atoms. The van der Waals surface area contributed by atoms with Crippen LogP contribution in [0.15, 0.2) is 24.3 Å². The van der Waals surface area contributed by atoms with Gasteiger partial charge in [-0.1, -0.05) is 12.1 Å². The summed E-state index contributed by atoms with van der Waals surface area (Å²) in [5.74, 6) is -0.157. The zero-order chi connectivity index (χ0) is 14.4. The minimum atomic E-state index is -0.157. The largest absolute Gasteiger partial charge is 0.379 e. The zero-order valence-corrected chi connectivity index (χ0v) is 11.9. The Balaban J connectivity index is 1.96. The van der Waals surface area contributed by atoms with Crippen molar-refractivity contribution in [1.82, 2.24) is 10.2 Å². The highest BCUT2D eigenvalue weighted by Gasteiger charge is 2.14. The van der Waals surface area contributed by atoms with Crippen LogP contribution >= 0.6 is 12.2 Å². The third kappa shape index (κ3) is 4.16. The number of hydrogen-bond acceptors (Lipinski definition) is 4. The third-order valence-electron chi connectivity index (χ3n) is 3.00. The molecule has 1 amide bonds. The van der Waals surface area contributed by atoms with Gasteiger partial charge in [0.05, 0.1) is 31.1 Å². The number of carbonyl (C=O) groups excluding carboxylic acids is 1. The molecule has 4 N–H and O–H groups in total. The van der Waals surface area contributed by atoms with Crippen molar-refractivity contribution in [2.75, 3.05) is 38.3 Å². The van der Waals surface area contributed by atoms with Gasteiger partial charge in [-0.05, 0) is 24.4 Å². The fourth-order valence-corrected chi connectivity index (χ4v) is 2.07. The number of nitrogens with two attached hydrogens (primary N) is 1. The van der Waals surface area contributed by atoms with Gasteiger partial charge < -0.3 is 21.1 Å². The molecule has 0 saturated carbocycles. The van der Waals surface area contributed by atoms with Crippen LogP contribution in [0.3, 0.4) is 0 Å². The van der Waals surface area contributed by atoms with E-state index in [1.54, 1.807) is 18.2 Å². The minimum absolute atomic E-state index is 0.137. The number of morpholine rings is 1. The first kappa shape index (κ1) is 14.7. The van der Waals surface area contributed by atoms with E-state index in [1.165, 1.54) is 0 Å². The lowest BCUT2D eigenvalue weighted by Gasteiger charge is -2.26. The second kappa shape index (κ2) is 7.18. The van der Waals surface area contributed by atoms with Gasteiger partial charge in [0.15, 0.2) is 5.11 Å². The average Bonchev–Trinajstić information content (AvgIpc) is 2.46. The van der Waals surface area contributed by atoms with Crippen LogP contribution in [0, 0.1) is 0 Å². The van der Waals surface area contributed by atoms with Gasteiger partial charge >= 0.3 is 0 Å². The highest BCUT2D eigenvalue weighted by molar-refractivity contribution is 7.80. The summed E-state index contributed by atoms with van der Waals surface area (Å²) in [6, 6.07) is 7.12. The summed E-state index contributed by atoms with van der Waals surface area (Å²) < 4.78 is 5.26. The molecule has 0 atom stereocenters. The molecular formula is C13H18N4O2S. The monoisotopic (exact) mass is 294 g/mol. The van der Waals surface area contributed by atoms with Gasteiger partial charge in [0.1, 0.15) is 0 Å². The molecule has 6 nitrogen and oxygen atoms in total. The Bertz CT molecular complexity index is 489. The Hall–Kier alpha value is -1.70. The molecule has 0 radical (unpaired) electrons. The number of rotatable bonds is 4. The van der Waals surface area contributed by atoms with Gasteiger partial charge in [-0.15, -0.1) is 0 Å². The standard InChI is InChI=1S/C13H18N4O2S/c14-13(20)16-11-4-2-1-3-10(11)12(18)15-9-17-5-7-19-8-6-17/h1-4H,5-9H2,(H,15,18)(H3,14,16,20). The van der Waals surface area contributed by atoms with Gasteiger partial charge in [-0.25, -0.2) is 0 Å². The number of anilines is 1. The molecule has 108 valence electrons. The van der Waals surface area contributed by atoms with E-state index in [4.69, 9.17) is 22.7 Å². The lowest BCUT2D eigenvalue weighted by atomic mass is 10.1. The van der Waals surface area contributed by atoms with Crippen molar-refractivity contribution in [2.45, 2.75) is 0 Å². The van der Waals surface area contributed by atoms with Gasteiger partial charge in [0, 0.05) is 13.1 Å². The number of amides is 1. The minimum Gasteiger partial charge on any atom is -0.379 e. The first-order valence-corrected chi connectivity index (χ1v) is 6.81. The summed E-state index contributed by atoms with van der Waals surface area (Å²) in [7, 11) is 0. The number of ether oxygens (including phenoxy) is 1. The molecule has 0 unspecified atom stereocenters. The van der Waals surface area contributed by atoms with Crippen molar-refractivity contribution in [3.63, 3.8) is 0 Å². The Morgan fingerprint density at radius 3 is 2.75 bits per heavy atom. The lowest BCUT2D eigenvalue weighted by Crippen LogP contribution is -2.43. The fraction of sp³-hybridized carbons (Fsp3) is 0.385. The van der Waals surface area contributed by atoms with E-state index in [2.05, 4.69) is 15.5 Å². The third-order valence-corrected chi connectivity index (χ3v) is 3.10. The maximum absolute atomic E-state index is 12.2. The van der Waals surface area contributed by atoms with Gasteiger partial charge in [0.25, 0.3) is 5.91 Å². The first-order valence-electron chi connectivity index (χ1n) is 6.40. The van der Waals surface area contributed by atoms with Crippen LogP contribution < -0.4 is 16.4 Å². The number of thiocarbonyl (C=S) groups is 1. The van der Waals surface area contributed by atoms with Crippen LogP contribution in [-0.4, -0.2) is 48.9 Å². The van der Waals surface area contributed by atoms with E-state index in [0.717, 1.165) is 13.1 Å². The summed E-state index contributed by atoms with van der Waals surface area (Å²) in [5, 5.41) is 5.83. The SMILES string of the molecule is NC(=S)Nc1ccccc1C(=O)NCN1CCOCC1. The predicted octanol–water partition coefficient (Wildman–Crippen LogP) is 0.362. The Labute approximate surface area is 123 Å². The molecule has 0 aromatic heterocycles. The van der Waals surface area contributed by atoms with Crippen LogP contribution in [0.4, 0.5) is 5.69 Å². The van der Waals surface area contributed by atoms with Gasteiger partial charge in [-0.3, -0.25) is 9.69 Å². The van der Waals surface area contributed by atoms with Gasteiger partial charge in [0.2, 0.25) is 0 Å². The van der Waals surface area contributed by atoms with E-state index in [1.807, 2.05) is 6.07 Å². The molecule has 0 spiro atoms. The molecule has 1 aromatic rings. The van der Waals surface area contributed by atoms with E-state index < -0.39 is 0 Å². The Morgan fingerprint density at radius 2 is 2.05 bits per heavy atom. The van der Waals surface area contributed by atoms with Crippen LogP contribution in [0.1, 0.15) is 10.4 Å². The van der Waals surface area contributed by atoms with E-state index >= 15 is 0 Å². The molecule has 0 bridgehead atoms. The van der Waals surface area contributed by atoms with Crippen molar-refractivity contribution in [1.29, 1.82) is 0 Å². The average molecular weight is 294 g/mol. The summed E-state index contributed by atoms with van der Waals surface area (Å²) in [6.45, 7) is 3.56. The predicted molar refractivity (Wildman–Crippen MR) is 81.6 cm³/mol. The molecule has 7 heteroatoms. The normalized spacial score (nSPS) is 15.6. The van der Waals surface area contributed by atoms with E-state index in [9.17, 15) is 4.79 Å². The molecule has 1 fully saturated rings. The maximum Gasteiger partial charge on any atom is 0.254 e. The molecule has 1 saturated heterocycles. The number of hydrogen-bond donors (Lipinski definition) is 3. The van der Waals surface area contributed by atoms with Gasteiger partial charge in [-0.2, -0.15) is 0 Å². The van der Waals surface area contributed by atoms with Crippen LogP contribution in [-0.2, 0) is 4.74 Å². The molecule has 1 aliphatic heterocycles. The van der Waals surface area contributed by atoms with E-state index in [0.29, 0.717) is 31.1 Å². The van der Waals surface area contributed by atoms with Crippen molar-refractivity contribution in [3.8, 4) is 0 Å². The molecule has 2 rings (SSSR count). The zero-order valence-electron chi connectivity index (χ0n) is 11.1. The van der Waals surface area contributed by atoms with E-state index in [-0.39, 0.29) is 11.0 Å². The summed E-state index contributed by atoms with van der Waals surface area (Å²) in [5.41, 5.74) is 6.58. The smallest absolute Gasteiger partial charge is 0.254 e. The molecule has 1 heterocycles. The van der Waals surface area contributed by atoms with Crippen molar-refractivity contribution in [2.24, 2.45) is 5.73 Å². The van der Waals surface area contributed by atoms with Crippen molar-refractivity contribution < 1.29 is 9.53 Å². The molecule has 0 aliphatic carbocycles. The number of nitrogens with one attached hydrogen (secondary N) is 2. The molecular weight excluding hydrogens is 276 g/mol. The number of benzene rings is 1. The maximum atomic E-state index is 12.2. The van der Waals surface area contributed by atoms with Crippen LogP contribution in [0.5, 0.6) is 0 Å². The topological polar surface area (TPSA) is 79.6 Å². The summed E-state index contributed by atoms with van der Waals surface area (Å²) in [4.78, 5) is 14.3. The van der Waals surface area contributed by atoms with Crippen molar-refractivity contribution in [3.05, 3.63) is 29.8 Å². The fourth-order valence-electron chi connectivity index (χ4n) is 1.96. The Kier molecular flexibility index (Phi) is 5.28. The van der Waals surface area contributed by atoms with Crippen LogP contribution in [0.2, 0.25) is 0 Å². The summed E-state index contributed by atoms with van der Waals surface area (Å²) >= 11 is 4.80. The second-order valence-electron chi connectivity index (χ2n) is 4.43. The molecule has 1 aromatic carbocycles. The lowest BCUT2D eigenvalue weighted by molar-refractivity contribution is 0.0334.